The fourth-order valence-electron chi connectivity index (χ4n) is 2.88. The van der Waals surface area contributed by atoms with E-state index in [1.165, 1.54) is 25.7 Å². The van der Waals surface area contributed by atoms with E-state index in [1.54, 1.807) is 0 Å². The molecule has 0 heterocycles. The standard InChI is InChI=1S/C16H23NO/c1-16(2)10-8-14(9-11-16)17(3)15-7-5-4-6-13(15)12-18/h4-7,12,14H,8-11H2,1-3H3. The molecule has 0 spiro atoms. The first kappa shape index (κ1) is 13.1. The fourth-order valence-corrected chi connectivity index (χ4v) is 2.88. The second-order valence-electron chi connectivity index (χ2n) is 6.18. The predicted molar refractivity (Wildman–Crippen MR) is 76.3 cm³/mol. The van der Waals surface area contributed by atoms with Gasteiger partial charge in [-0.05, 0) is 43.2 Å². The summed E-state index contributed by atoms with van der Waals surface area (Å²) in [7, 11) is 2.12. The van der Waals surface area contributed by atoms with Gasteiger partial charge in [0.15, 0.2) is 6.29 Å². The maximum Gasteiger partial charge on any atom is 0.152 e. The van der Waals surface area contributed by atoms with Crippen LogP contribution in [0, 0.1) is 5.41 Å². The number of aldehydes is 1. The Morgan fingerprint density at radius 3 is 2.44 bits per heavy atom. The molecule has 0 amide bonds. The van der Waals surface area contributed by atoms with Gasteiger partial charge in [-0.15, -0.1) is 0 Å². The van der Waals surface area contributed by atoms with E-state index in [4.69, 9.17) is 0 Å². The third-order valence-electron chi connectivity index (χ3n) is 4.30. The summed E-state index contributed by atoms with van der Waals surface area (Å²) in [6.45, 7) is 4.70. The summed E-state index contributed by atoms with van der Waals surface area (Å²) in [6, 6.07) is 8.44. The minimum Gasteiger partial charge on any atom is -0.371 e. The van der Waals surface area contributed by atoms with Gasteiger partial charge in [0.1, 0.15) is 0 Å². The van der Waals surface area contributed by atoms with E-state index in [2.05, 4.69) is 25.8 Å². The SMILES string of the molecule is CN(c1ccccc1C=O)C1CCC(C)(C)CC1. The summed E-state index contributed by atoms with van der Waals surface area (Å²) in [5, 5.41) is 0. The van der Waals surface area contributed by atoms with Crippen LogP contribution in [0.5, 0.6) is 0 Å². The van der Waals surface area contributed by atoms with Crippen molar-refractivity contribution >= 4 is 12.0 Å². The summed E-state index contributed by atoms with van der Waals surface area (Å²) in [6.07, 6.45) is 5.93. The summed E-state index contributed by atoms with van der Waals surface area (Å²) in [5.74, 6) is 0. The average molecular weight is 245 g/mol. The molecule has 0 aromatic heterocycles. The molecule has 2 heteroatoms. The number of benzene rings is 1. The Balaban J connectivity index is 2.12. The molecule has 0 saturated heterocycles. The number of para-hydroxylation sites is 1. The van der Waals surface area contributed by atoms with Crippen LogP contribution in [0.3, 0.4) is 0 Å². The van der Waals surface area contributed by atoms with Crippen molar-refractivity contribution in [3.8, 4) is 0 Å². The van der Waals surface area contributed by atoms with E-state index in [0.29, 0.717) is 11.5 Å². The van der Waals surface area contributed by atoms with Crippen LogP contribution >= 0.6 is 0 Å². The predicted octanol–water partition coefficient (Wildman–Crippen LogP) is 3.90. The third-order valence-corrected chi connectivity index (χ3v) is 4.30. The molecule has 0 aliphatic heterocycles. The second-order valence-corrected chi connectivity index (χ2v) is 6.18. The lowest BCUT2D eigenvalue weighted by molar-refractivity contribution is 0.112. The smallest absolute Gasteiger partial charge is 0.152 e. The lowest BCUT2D eigenvalue weighted by Crippen LogP contribution is -2.37. The lowest BCUT2D eigenvalue weighted by atomic mass is 9.75. The van der Waals surface area contributed by atoms with E-state index < -0.39 is 0 Å². The maximum atomic E-state index is 11.1. The Morgan fingerprint density at radius 1 is 1.22 bits per heavy atom. The first-order chi connectivity index (χ1) is 8.53. The Labute approximate surface area is 110 Å². The topological polar surface area (TPSA) is 20.3 Å². The van der Waals surface area contributed by atoms with Crippen molar-refractivity contribution < 1.29 is 4.79 Å². The van der Waals surface area contributed by atoms with Gasteiger partial charge in [-0.2, -0.15) is 0 Å². The second kappa shape index (κ2) is 5.13. The van der Waals surface area contributed by atoms with Gasteiger partial charge in [-0.1, -0.05) is 26.0 Å². The highest BCUT2D eigenvalue weighted by Gasteiger charge is 2.29. The first-order valence-electron chi connectivity index (χ1n) is 6.80. The Bertz CT molecular complexity index is 415. The van der Waals surface area contributed by atoms with Gasteiger partial charge in [0.05, 0.1) is 0 Å². The molecule has 1 aliphatic carbocycles. The highest BCUT2D eigenvalue weighted by atomic mass is 16.1. The van der Waals surface area contributed by atoms with Gasteiger partial charge >= 0.3 is 0 Å². The largest absolute Gasteiger partial charge is 0.371 e. The van der Waals surface area contributed by atoms with Crippen LogP contribution < -0.4 is 4.90 Å². The van der Waals surface area contributed by atoms with Gasteiger partial charge < -0.3 is 4.90 Å². The zero-order chi connectivity index (χ0) is 13.2. The molecule has 1 saturated carbocycles. The molecule has 1 fully saturated rings. The van der Waals surface area contributed by atoms with Crippen LogP contribution in [0.2, 0.25) is 0 Å². The molecule has 2 nitrogen and oxygen atoms in total. The summed E-state index contributed by atoms with van der Waals surface area (Å²) < 4.78 is 0. The molecule has 98 valence electrons. The minimum absolute atomic E-state index is 0.488. The van der Waals surface area contributed by atoms with Crippen molar-refractivity contribution in [2.45, 2.75) is 45.6 Å². The maximum absolute atomic E-state index is 11.1. The van der Waals surface area contributed by atoms with Gasteiger partial charge in [0, 0.05) is 24.3 Å². The van der Waals surface area contributed by atoms with E-state index >= 15 is 0 Å². The van der Waals surface area contributed by atoms with Crippen molar-refractivity contribution in [2.24, 2.45) is 5.41 Å². The number of nitrogens with zero attached hydrogens (tertiary/aromatic N) is 1. The highest BCUT2D eigenvalue weighted by Crippen LogP contribution is 2.38. The van der Waals surface area contributed by atoms with E-state index in [9.17, 15) is 4.79 Å². The molecule has 1 aromatic rings. The molecule has 18 heavy (non-hydrogen) atoms. The van der Waals surface area contributed by atoms with Crippen molar-refractivity contribution in [2.75, 3.05) is 11.9 Å². The average Bonchev–Trinajstić information content (AvgIpc) is 2.38. The van der Waals surface area contributed by atoms with Crippen LogP contribution in [0.1, 0.15) is 49.9 Å². The van der Waals surface area contributed by atoms with Crippen molar-refractivity contribution in [1.29, 1.82) is 0 Å². The normalized spacial score (nSPS) is 19.5. The molecule has 0 bridgehead atoms. The highest BCUT2D eigenvalue weighted by molar-refractivity contribution is 5.84. The molecule has 1 aromatic carbocycles. The molecule has 0 N–H and O–H groups in total. The number of carbonyl (C=O) groups is 1. The van der Waals surface area contributed by atoms with Gasteiger partial charge in [-0.3, -0.25) is 4.79 Å². The van der Waals surface area contributed by atoms with Gasteiger partial charge in [-0.25, -0.2) is 0 Å². The van der Waals surface area contributed by atoms with Crippen LogP contribution in [0.15, 0.2) is 24.3 Å². The first-order valence-corrected chi connectivity index (χ1v) is 6.80. The molecule has 0 atom stereocenters. The van der Waals surface area contributed by atoms with Crippen LogP contribution in [0.4, 0.5) is 5.69 Å². The zero-order valence-corrected chi connectivity index (χ0v) is 11.6. The Kier molecular flexibility index (Phi) is 3.74. The van der Waals surface area contributed by atoms with Gasteiger partial charge in [0.25, 0.3) is 0 Å². The van der Waals surface area contributed by atoms with Crippen LogP contribution in [0.25, 0.3) is 0 Å². The summed E-state index contributed by atoms with van der Waals surface area (Å²) >= 11 is 0. The quantitative estimate of drug-likeness (QED) is 0.753. The third kappa shape index (κ3) is 2.74. The number of hydrogen-bond acceptors (Lipinski definition) is 2. The number of hydrogen-bond donors (Lipinski definition) is 0. The van der Waals surface area contributed by atoms with Gasteiger partial charge in [0.2, 0.25) is 0 Å². The molecule has 1 aliphatic rings. The van der Waals surface area contributed by atoms with E-state index in [1.807, 2.05) is 24.3 Å². The van der Waals surface area contributed by atoms with Crippen LogP contribution in [-0.2, 0) is 0 Å². The van der Waals surface area contributed by atoms with Crippen molar-refractivity contribution in [3.05, 3.63) is 29.8 Å². The van der Waals surface area contributed by atoms with Crippen LogP contribution in [-0.4, -0.2) is 19.4 Å². The number of rotatable bonds is 3. The number of carbonyl (C=O) groups excluding carboxylic acids is 1. The molecular weight excluding hydrogens is 222 g/mol. The Hall–Kier alpha value is -1.31. The Morgan fingerprint density at radius 2 is 1.83 bits per heavy atom. The summed E-state index contributed by atoms with van der Waals surface area (Å²) in [5.41, 5.74) is 2.35. The molecule has 0 radical (unpaired) electrons. The lowest BCUT2D eigenvalue weighted by Gasteiger charge is -2.39. The fraction of sp³-hybridized carbons (Fsp3) is 0.562. The van der Waals surface area contributed by atoms with E-state index in [-0.39, 0.29) is 0 Å². The zero-order valence-electron chi connectivity index (χ0n) is 11.6. The summed E-state index contributed by atoms with van der Waals surface area (Å²) in [4.78, 5) is 13.4. The van der Waals surface area contributed by atoms with Crippen molar-refractivity contribution in [3.63, 3.8) is 0 Å². The van der Waals surface area contributed by atoms with E-state index in [0.717, 1.165) is 17.5 Å². The number of anilines is 1. The van der Waals surface area contributed by atoms with Crippen molar-refractivity contribution in [1.82, 2.24) is 0 Å². The molecule has 2 rings (SSSR count). The molecule has 0 unspecified atom stereocenters. The monoisotopic (exact) mass is 245 g/mol. The minimum atomic E-state index is 0.488. The molecular formula is C16H23NO.